The standard InChI is InChI=1S/C19H21N5O3S/c1-4-24-17(15-9-6-10-27-15)22-23-19(24)28-11-16(25)21-18(26)20-14-8-5-7-12(2)13(14)3/h5-10H,4,11H2,1-3H3,(H2,20,21,25,26). The summed E-state index contributed by atoms with van der Waals surface area (Å²) in [5.41, 5.74) is 2.69. The number of hydrogen-bond donors (Lipinski definition) is 2. The van der Waals surface area contributed by atoms with Gasteiger partial charge >= 0.3 is 6.03 Å². The Morgan fingerprint density at radius 1 is 1.18 bits per heavy atom. The van der Waals surface area contributed by atoms with Gasteiger partial charge in [-0.1, -0.05) is 23.9 Å². The van der Waals surface area contributed by atoms with Crippen LogP contribution in [0.2, 0.25) is 0 Å². The summed E-state index contributed by atoms with van der Waals surface area (Å²) < 4.78 is 7.22. The van der Waals surface area contributed by atoms with Gasteiger partial charge in [-0.15, -0.1) is 10.2 Å². The molecule has 0 aliphatic carbocycles. The molecule has 0 aliphatic heterocycles. The van der Waals surface area contributed by atoms with Crippen molar-refractivity contribution in [1.29, 1.82) is 0 Å². The minimum Gasteiger partial charge on any atom is -0.461 e. The van der Waals surface area contributed by atoms with Crippen molar-refractivity contribution in [3.05, 3.63) is 47.7 Å². The Balaban J connectivity index is 1.57. The molecule has 2 aromatic heterocycles. The fraction of sp³-hybridized carbons (Fsp3) is 0.263. The average Bonchev–Trinajstić information content (AvgIpc) is 3.32. The van der Waals surface area contributed by atoms with Crippen molar-refractivity contribution in [1.82, 2.24) is 20.1 Å². The minimum absolute atomic E-state index is 0.0382. The second kappa shape index (κ2) is 8.75. The van der Waals surface area contributed by atoms with Crippen molar-refractivity contribution in [2.45, 2.75) is 32.5 Å². The van der Waals surface area contributed by atoms with Gasteiger partial charge in [0.15, 0.2) is 16.7 Å². The maximum Gasteiger partial charge on any atom is 0.325 e. The summed E-state index contributed by atoms with van der Waals surface area (Å²) in [7, 11) is 0. The molecule has 2 N–H and O–H groups in total. The highest BCUT2D eigenvalue weighted by Gasteiger charge is 2.17. The first-order chi connectivity index (χ1) is 13.5. The summed E-state index contributed by atoms with van der Waals surface area (Å²) >= 11 is 1.21. The molecular weight excluding hydrogens is 378 g/mol. The number of aromatic nitrogens is 3. The molecule has 146 valence electrons. The Hall–Kier alpha value is -3.07. The Kier molecular flexibility index (Phi) is 6.15. The summed E-state index contributed by atoms with van der Waals surface area (Å²) in [6, 6.07) is 8.62. The highest BCUT2D eigenvalue weighted by molar-refractivity contribution is 7.99. The number of carbonyl (C=O) groups is 2. The predicted molar refractivity (Wildman–Crippen MR) is 107 cm³/mol. The molecule has 28 heavy (non-hydrogen) atoms. The summed E-state index contributed by atoms with van der Waals surface area (Å²) in [5.74, 6) is 0.830. The number of aryl methyl sites for hydroxylation is 1. The number of hydrogen-bond acceptors (Lipinski definition) is 6. The molecule has 0 saturated carbocycles. The number of furan rings is 1. The lowest BCUT2D eigenvalue weighted by Crippen LogP contribution is -2.35. The first-order valence-corrected chi connectivity index (χ1v) is 9.75. The molecule has 0 atom stereocenters. The molecule has 2 heterocycles. The van der Waals surface area contributed by atoms with E-state index in [1.807, 2.05) is 37.5 Å². The maximum absolute atomic E-state index is 12.1. The van der Waals surface area contributed by atoms with Crippen LogP contribution in [0, 0.1) is 13.8 Å². The van der Waals surface area contributed by atoms with Crippen molar-refractivity contribution in [2.75, 3.05) is 11.1 Å². The molecule has 0 aliphatic rings. The van der Waals surface area contributed by atoms with E-state index in [0.29, 0.717) is 29.0 Å². The van der Waals surface area contributed by atoms with E-state index in [1.54, 1.807) is 24.5 Å². The smallest absolute Gasteiger partial charge is 0.325 e. The van der Waals surface area contributed by atoms with E-state index < -0.39 is 11.9 Å². The Morgan fingerprint density at radius 3 is 2.71 bits per heavy atom. The number of benzene rings is 1. The van der Waals surface area contributed by atoms with Crippen LogP contribution in [-0.4, -0.2) is 32.5 Å². The first-order valence-electron chi connectivity index (χ1n) is 8.76. The van der Waals surface area contributed by atoms with Gasteiger partial charge in [-0.3, -0.25) is 14.7 Å². The molecule has 8 nitrogen and oxygen atoms in total. The number of nitrogens with one attached hydrogen (secondary N) is 2. The lowest BCUT2D eigenvalue weighted by molar-refractivity contribution is -0.117. The van der Waals surface area contributed by atoms with Crippen LogP contribution in [0.5, 0.6) is 0 Å². The van der Waals surface area contributed by atoms with Crippen LogP contribution in [0.4, 0.5) is 10.5 Å². The number of nitrogens with zero attached hydrogens (tertiary/aromatic N) is 3. The van der Waals surface area contributed by atoms with Crippen LogP contribution in [-0.2, 0) is 11.3 Å². The molecule has 3 aromatic rings. The monoisotopic (exact) mass is 399 g/mol. The lowest BCUT2D eigenvalue weighted by atomic mass is 10.1. The normalized spacial score (nSPS) is 10.7. The van der Waals surface area contributed by atoms with E-state index in [4.69, 9.17) is 4.42 Å². The number of urea groups is 1. The molecule has 0 radical (unpaired) electrons. The third kappa shape index (κ3) is 4.42. The number of rotatable bonds is 6. The van der Waals surface area contributed by atoms with Crippen molar-refractivity contribution in [2.24, 2.45) is 0 Å². The van der Waals surface area contributed by atoms with E-state index >= 15 is 0 Å². The molecule has 3 rings (SSSR count). The quantitative estimate of drug-likeness (QED) is 0.614. The zero-order valence-corrected chi connectivity index (χ0v) is 16.7. The van der Waals surface area contributed by atoms with Crippen LogP contribution >= 0.6 is 11.8 Å². The molecule has 3 amide bonds. The van der Waals surface area contributed by atoms with Crippen LogP contribution in [0.25, 0.3) is 11.6 Å². The number of thioether (sulfide) groups is 1. The van der Waals surface area contributed by atoms with Crippen LogP contribution in [0.3, 0.4) is 0 Å². The minimum atomic E-state index is -0.562. The molecule has 0 spiro atoms. The van der Waals surface area contributed by atoms with Crippen molar-refractivity contribution < 1.29 is 14.0 Å². The summed E-state index contributed by atoms with van der Waals surface area (Å²) in [5, 5.41) is 13.9. The number of anilines is 1. The molecule has 0 fully saturated rings. The van der Waals surface area contributed by atoms with Crippen molar-refractivity contribution in [3.63, 3.8) is 0 Å². The van der Waals surface area contributed by atoms with Crippen molar-refractivity contribution in [3.8, 4) is 11.6 Å². The van der Waals surface area contributed by atoms with Gasteiger partial charge < -0.3 is 9.73 Å². The van der Waals surface area contributed by atoms with Crippen molar-refractivity contribution >= 4 is 29.4 Å². The fourth-order valence-electron chi connectivity index (χ4n) is 2.60. The summed E-state index contributed by atoms with van der Waals surface area (Å²) in [4.78, 5) is 24.2. The second-order valence-corrected chi connectivity index (χ2v) is 7.01. The van der Waals surface area contributed by atoms with E-state index in [2.05, 4.69) is 20.8 Å². The SMILES string of the molecule is CCn1c(SCC(=O)NC(=O)Nc2cccc(C)c2C)nnc1-c1ccco1. The molecular formula is C19H21N5O3S. The number of amides is 3. The van der Waals surface area contributed by atoms with E-state index in [0.717, 1.165) is 11.1 Å². The van der Waals surface area contributed by atoms with E-state index in [9.17, 15) is 9.59 Å². The van der Waals surface area contributed by atoms with E-state index in [1.165, 1.54) is 11.8 Å². The first kappa shape index (κ1) is 19.7. The van der Waals surface area contributed by atoms with Gasteiger partial charge in [-0.2, -0.15) is 0 Å². The van der Waals surface area contributed by atoms with Gasteiger partial charge in [0.1, 0.15) is 0 Å². The summed E-state index contributed by atoms with van der Waals surface area (Å²) in [6.45, 7) is 6.45. The number of imide groups is 1. The maximum atomic E-state index is 12.1. The average molecular weight is 399 g/mol. The fourth-order valence-corrected chi connectivity index (χ4v) is 3.40. The molecule has 0 unspecified atom stereocenters. The Morgan fingerprint density at radius 2 is 2.00 bits per heavy atom. The third-order valence-corrected chi connectivity index (χ3v) is 5.18. The van der Waals surface area contributed by atoms with Gasteiger partial charge in [0.25, 0.3) is 0 Å². The van der Waals surface area contributed by atoms with Crippen LogP contribution in [0.15, 0.2) is 46.2 Å². The predicted octanol–water partition coefficient (Wildman–Crippen LogP) is 3.62. The zero-order valence-electron chi connectivity index (χ0n) is 15.9. The van der Waals surface area contributed by atoms with Gasteiger partial charge in [0.2, 0.25) is 5.91 Å². The van der Waals surface area contributed by atoms with Gasteiger partial charge in [-0.25, -0.2) is 4.79 Å². The number of carbonyl (C=O) groups excluding carboxylic acids is 2. The highest BCUT2D eigenvalue weighted by Crippen LogP contribution is 2.24. The van der Waals surface area contributed by atoms with Gasteiger partial charge in [0, 0.05) is 12.2 Å². The van der Waals surface area contributed by atoms with Gasteiger partial charge in [0.05, 0.1) is 12.0 Å². The van der Waals surface area contributed by atoms with Crippen LogP contribution in [0.1, 0.15) is 18.1 Å². The Labute approximate surface area is 166 Å². The highest BCUT2D eigenvalue weighted by atomic mass is 32.2. The zero-order chi connectivity index (χ0) is 20.1. The van der Waals surface area contributed by atoms with Gasteiger partial charge in [-0.05, 0) is 50.1 Å². The second-order valence-electron chi connectivity index (χ2n) is 6.07. The van der Waals surface area contributed by atoms with Crippen LogP contribution < -0.4 is 10.6 Å². The molecule has 0 saturated heterocycles. The lowest BCUT2D eigenvalue weighted by Gasteiger charge is -2.11. The largest absolute Gasteiger partial charge is 0.461 e. The summed E-state index contributed by atoms with van der Waals surface area (Å²) in [6.07, 6.45) is 1.57. The molecule has 1 aromatic carbocycles. The molecule has 0 bridgehead atoms. The Bertz CT molecular complexity index is 982. The topological polar surface area (TPSA) is 102 Å². The molecule has 9 heteroatoms. The third-order valence-electron chi connectivity index (χ3n) is 4.21. The van der Waals surface area contributed by atoms with E-state index in [-0.39, 0.29) is 5.75 Å².